The number of hydrogen-bond acceptors (Lipinski definition) is 2. The summed E-state index contributed by atoms with van der Waals surface area (Å²) in [5.41, 5.74) is 0. The highest BCUT2D eigenvalue weighted by Gasteiger charge is 1.95. The number of carbonyl (C=O) groups excluding carboxylic acids is 2. The molecule has 0 saturated heterocycles. The molecule has 3 heteroatoms. The normalized spacial score (nSPS) is 7.24. The minimum atomic E-state index is 0.127. The Kier molecular flexibility index (Phi) is 55.1. The van der Waals surface area contributed by atoms with E-state index in [0.717, 1.165) is 19.3 Å². The topological polar surface area (TPSA) is 46.2 Å². The van der Waals surface area contributed by atoms with Crippen molar-refractivity contribution < 1.29 is 9.59 Å². The monoisotopic (exact) mass is 301 g/mol. The summed E-state index contributed by atoms with van der Waals surface area (Å²) in [5.74, 6) is 1.10. The largest absolute Gasteiger partial charge is 0.359 e. The average molecular weight is 302 g/mol. The molecule has 0 heterocycles. The second kappa shape index (κ2) is 36.3. The fraction of sp³-hybridized carbons (Fsp3) is 0.778. The van der Waals surface area contributed by atoms with Crippen molar-refractivity contribution in [3.8, 4) is 12.8 Å². The molecule has 0 fully saturated rings. The van der Waals surface area contributed by atoms with E-state index in [2.05, 4.69) is 32.0 Å². The predicted octanol–water partition coefficient (Wildman–Crippen LogP) is 4.85. The summed E-state index contributed by atoms with van der Waals surface area (Å²) in [4.78, 5) is 20.6. The van der Waals surface area contributed by atoms with Gasteiger partial charge in [-0.05, 0) is 25.7 Å². The van der Waals surface area contributed by atoms with Crippen LogP contribution in [0.5, 0.6) is 0 Å². The van der Waals surface area contributed by atoms with Gasteiger partial charge in [-0.3, -0.25) is 4.79 Å². The third-order valence-corrected chi connectivity index (χ3v) is 1.83. The van der Waals surface area contributed by atoms with Crippen LogP contribution < -0.4 is 5.32 Å². The van der Waals surface area contributed by atoms with E-state index < -0.39 is 0 Å². The number of terminal acetylenes is 1. The second-order valence-electron chi connectivity index (χ2n) is 4.06. The molecule has 0 saturated carbocycles. The Morgan fingerprint density at radius 1 is 1.00 bits per heavy atom. The molecule has 3 nitrogen and oxygen atoms in total. The Hall–Kier alpha value is -1.30. The predicted molar refractivity (Wildman–Crippen MR) is 96.3 cm³/mol. The highest BCUT2D eigenvalue weighted by Crippen LogP contribution is 2.02. The number of rotatable bonds is 5. The van der Waals surface area contributed by atoms with E-state index in [1.165, 1.54) is 0 Å². The van der Waals surface area contributed by atoms with E-state index in [0.29, 0.717) is 18.1 Å². The van der Waals surface area contributed by atoms with Crippen LogP contribution in [0.1, 0.15) is 81.1 Å². The summed E-state index contributed by atoms with van der Waals surface area (Å²) >= 11 is 0. The van der Waals surface area contributed by atoms with Crippen LogP contribution in [-0.2, 0) is 9.59 Å². The van der Waals surface area contributed by atoms with E-state index in [4.69, 9.17) is 0 Å². The lowest BCUT2D eigenvalue weighted by atomic mass is 10.1. The van der Waals surface area contributed by atoms with Crippen molar-refractivity contribution >= 4 is 11.7 Å². The molecular weight excluding hydrogens is 262 g/mol. The zero-order valence-electron chi connectivity index (χ0n) is 15.9. The first-order valence-electron chi connectivity index (χ1n) is 7.97. The third-order valence-electron chi connectivity index (χ3n) is 1.83. The molecule has 1 N–H and O–H groups in total. The minimum absolute atomic E-state index is 0.127. The van der Waals surface area contributed by atoms with Crippen LogP contribution >= 0.6 is 0 Å². The number of nitrogens with one attached hydrogen (secondary N) is 1. The molecule has 0 aromatic heterocycles. The summed E-state index contributed by atoms with van der Waals surface area (Å²) < 4.78 is 0. The lowest BCUT2D eigenvalue weighted by Crippen LogP contribution is -2.16. The smallest absolute Gasteiger partial charge is 0.219 e. The van der Waals surface area contributed by atoms with Gasteiger partial charge in [-0.2, -0.15) is 0 Å². The summed E-state index contributed by atoms with van der Waals surface area (Å²) in [6.45, 7) is 15.9. The highest BCUT2D eigenvalue weighted by atomic mass is 16.1. The maximum atomic E-state index is 10.3. The third kappa shape index (κ3) is 68.9. The second-order valence-corrected chi connectivity index (χ2v) is 4.06. The van der Waals surface area contributed by atoms with Crippen LogP contribution in [0.3, 0.4) is 0 Å². The molecule has 0 spiro atoms. The van der Waals surface area contributed by atoms with Gasteiger partial charge in [0.05, 0.1) is 0 Å². The van der Waals surface area contributed by atoms with Crippen LogP contribution in [0.25, 0.3) is 0 Å². The lowest BCUT2D eigenvalue weighted by molar-refractivity contribution is -0.120. The summed E-state index contributed by atoms with van der Waals surface area (Å²) in [5, 5.41) is 2.53. The molecule has 0 unspecified atom stereocenters. The van der Waals surface area contributed by atoms with Crippen molar-refractivity contribution in [1.82, 2.24) is 5.32 Å². The summed E-state index contributed by atoms with van der Waals surface area (Å²) in [6.07, 6.45) is 11.4. The molecule has 0 aromatic rings. The maximum absolute atomic E-state index is 10.3. The Morgan fingerprint density at radius 3 is 1.48 bits per heavy atom. The number of amides is 1. The van der Waals surface area contributed by atoms with Crippen molar-refractivity contribution in [3.05, 3.63) is 0 Å². The van der Waals surface area contributed by atoms with Gasteiger partial charge in [-0.1, -0.05) is 48.5 Å². The Bertz CT molecular complexity index is 209. The molecular formula is C18H39NO2. The van der Waals surface area contributed by atoms with Gasteiger partial charge in [0.1, 0.15) is 5.78 Å². The first kappa shape index (κ1) is 31.9. The molecule has 0 rings (SSSR count). The number of Topliss-reactive ketones (excluding diaryl/α,β-unsaturated/α-hetero) is 1. The lowest BCUT2D eigenvalue weighted by Gasteiger charge is -1.98. The number of carbonyl (C=O) groups is 2. The first-order chi connectivity index (χ1) is 9.93. The van der Waals surface area contributed by atoms with Gasteiger partial charge >= 0.3 is 0 Å². The van der Waals surface area contributed by atoms with Crippen molar-refractivity contribution in [2.75, 3.05) is 7.05 Å². The molecule has 128 valence electrons. The molecule has 0 aliphatic rings. The van der Waals surface area contributed by atoms with Gasteiger partial charge in [-0.25, -0.2) is 0 Å². The molecule has 0 aromatic carbocycles. The van der Waals surface area contributed by atoms with Gasteiger partial charge in [0, 0.05) is 19.9 Å². The average Bonchev–Trinajstić information content (AvgIpc) is 2.52. The molecule has 21 heavy (non-hydrogen) atoms. The molecule has 0 bridgehead atoms. The van der Waals surface area contributed by atoms with E-state index >= 15 is 0 Å². The van der Waals surface area contributed by atoms with Gasteiger partial charge in [0.15, 0.2) is 0 Å². The van der Waals surface area contributed by atoms with E-state index in [1.54, 1.807) is 14.0 Å². The molecule has 0 radical (unpaired) electrons. The molecule has 1 amide bonds. The molecule has 0 aliphatic carbocycles. The summed E-state index contributed by atoms with van der Waals surface area (Å²) in [6, 6.07) is 0. The quantitative estimate of drug-likeness (QED) is 0.738. The van der Waals surface area contributed by atoms with Crippen LogP contribution in [0, 0.1) is 18.8 Å². The zero-order valence-corrected chi connectivity index (χ0v) is 15.9. The Balaban J connectivity index is -0.0000000600. The standard InChI is InChI=1S/C7H14O.C5H11NO.2C2H6.C2H2/c1-6(2)4-5-7(3)8;1-3-4-5(7)6-2;3*1-2/h6H,4-5H2,1-3H3;3-4H2,1-2H3,(H,6,7);2*1-2H3;1-2H. The van der Waals surface area contributed by atoms with Crippen LogP contribution in [-0.4, -0.2) is 18.7 Å². The number of hydrogen-bond donors (Lipinski definition) is 1. The summed E-state index contributed by atoms with van der Waals surface area (Å²) in [7, 11) is 1.65. The van der Waals surface area contributed by atoms with Crippen molar-refractivity contribution in [1.29, 1.82) is 0 Å². The Labute approximate surface area is 134 Å². The molecule has 0 atom stereocenters. The fourth-order valence-corrected chi connectivity index (χ4v) is 0.844. The van der Waals surface area contributed by atoms with E-state index in [1.807, 2.05) is 34.6 Å². The van der Waals surface area contributed by atoms with E-state index in [-0.39, 0.29) is 5.91 Å². The van der Waals surface area contributed by atoms with Crippen LogP contribution in [0.4, 0.5) is 0 Å². The van der Waals surface area contributed by atoms with Crippen molar-refractivity contribution in [2.45, 2.75) is 81.1 Å². The van der Waals surface area contributed by atoms with Gasteiger partial charge in [0.2, 0.25) is 5.91 Å². The zero-order chi connectivity index (χ0) is 18.3. The fourth-order valence-electron chi connectivity index (χ4n) is 0.844. The van der Waals surface area contributed by atoms with Gasteiger partial charge in [0.25, 0.3) is 0 Å². The molecule has 0 aliphatic heterocycles. The SMILES string of the molecule is C#C.CC.CC.CC(=O)CCC(C)C.CCCC(=O)NC. The van der Waals surface area contributed by atoms with Gasteiger partial charge < -0.3 is 10.1 Å². The van der Waals surface area contributed by atoms with Gasteiger partial charge in [-0.15, -0.1) is 12.8 Å². The van der Waals surface area contributed by atoms with Crippen molar-refractivity contribution in [2.24, 2.45) is 5.92 Å². The highest BCUT2D eigenvalue weighted by molar-refractivity contribution is 5.75. The minimum Gasteiger partial charge on any atom is -0.359 e. The van der Waals surface area contributed by atoms with Crippen molar-refractivity contribution in [3.63, 3.8) is 0 Å². The van der Waals surface area contributed by atoms with Crippen LogP contribution in [0.15, 0.2) is 0 Å². The first-order valence-corrected chi connectivity index (χ1v) is 7.97. The number of ketones is 1. The van der Waals surface area contributed by atoms with E-state index in [9.17, 15) is 9.59 Å². The van der Waals surface area contributed by atoms with Crippen LogP contribution in [0.2, 0.25) is 0 Å². The maximum Gasteiger partial charge on any atom is 0.219 e. The Morgan fingerprint density at radius 2 is 1.38 bits per heavy atom.